The van der Waals surface area contributed by atoms with Gasteiger partial charge in [-0.1, -0.05) is 18.2 Å². The maximum absolute atomic E-state index is 12.7. The normalized spacial score (nSPS) is 13.6. The number of nitrogens with zero attached hydrogens (tertiary/aromatic N) is 1. The summed E-state index contributed by atoms with van der Waals surface area (Å²) in [5.74, 6) is 0.339. The van der Waals surface area contributed by atoms with Crippen LogP contribution >= 0.6 is 0 Å². The Morgan fingerprint density at radius 1 is 1.19 bits per heavy atom. The monoisotopic (exact) mass is 374 g/mol. The summed E-state index contributed by atoms with van der Waals surface area (Å²) in [6.45, 7) is 3.72. The van der Waals surface area contributed by atoms with Gasteiger partial charge in [-0.15, -0.1) is 0 Å². The molecule has 0 bridgehead atoms. The Balaban J connectivity index is 1.76. The Morgan fingerprint density at radius 3 is 2.50 bits per heavy atom. The molecule has 0 spiro atoms. The van der Waals surface area contributed by atoms with E-state index in [2.05, 4.69) is 4.72 Å². The van der Waals surface area contributed by atoms with Gasteiger partial charge in [0.15, 0.2) is 0 Å². The first-order chi connectivity index (χ1) is 12.3. The maximum Gasteiger partial charge on any atom is 0.242 e. The van der Waals surface area contributed by atoms with Crippen LogP contribution in [0.2, 0.25) is 0 Å². The van der Waals surface area contributed by atoms with Gasteiger partial charge in [-0.25, -0.2) is 13.1 Å². The van der Waals surface area contributed by atoms with Crippen molar-refractivity contribution >= 4 is 21.6 Å². The van der Waals surface area contributed by atoms with Gasteiger partial charge in [-0.2, -0.15) is 0 Å². The molecule has 1 heterocycles. The number of ether oxygens (including phenoxy) is 1. The third-order valence-electron chi connectivity index (χ3n) is 4.54. The molecule has 0 atom stereocenters. The van der Waals surface area contributed by atoms with Crippen molar-refractivity contribution in [1.82, 2.24) is 4.72 Å². The highest BCUT2D eigenvalue weighted by molar-refractivity contribution is 7.89. The van der Waals surface area contributed by atoms with Crippen molar-refractivity contribution in [2.75, 3.05) is 25.1 Å². The van der Waals surface area contributed by atoms with Gasteiger partial charge < -0.3 is 9.64 Å². The summed E-state index contributed by atoms with van der Waals surface area (Å²) in [7, 11) is -2.27. The number of hydrogen-bond donors (Lipinski definition) is 1. The fourth-order valence-electron chi connectivity index (χ4n) is 3.37. The number of rotatable bonds is 5. The zero-order valence-corrected chi connectivity index (χ0v) is 15.9. The van der Waals surface area contributed by atoms with E-state index < -0.39 is 10.0 Å². The van der Waals surface area contributed by atoms with E-state index in [4.69, 9.17) is 4.74 Å². The molecule has 0 fully saturated rings. The molecular formula is C19H22N2O4S. The Labute approximate surface area is 153 Å². The maximum atomic E-state index is 12.7. The van der Waals surface area contributed by atoms with E-state index in [1.807, 2.05) is 24.3 Å². The summed E-state index contributed by atoms with van der Waals surface area (Å²) >= 11 is 0. The van der Waals surface area contributed by atoms with Gasteiger partial charge in [0.05, 0.1) is 18.6 Å². The number of para-hydroxylation sites is 1. The van der Waals surface area contributed by atoms with Crippen LogP contribution in [0.1, 0.15) is 16.7 Å². The number of methoxy groups -OCH3 is 1. The van der Waals surface area contributed by atoms with Gasteiger partial charge in [0, 0.05) is 12.2 Å². The molecule has 0 radical (unpaired) electrons. The second kappa shape index (κ2) is 7.09. The molecule has 0 unspecified atom stereocenters. The van der Waals surface area contributed by atoms with Crippen molar-refractivity contribution in [3.8, 4) is 5.75 Å². The van der Waals surface area contributed by atoms with Crippen molar-refractivity contribution < 1.29 is 17.9 Å². The van der Waals surface area contributed by atoms with E-state index >= 15 is 0 Å². The molecule has 6 nitrogen and oxygen atoms in total. The number of nitrogens with one attached hydrogen (secondary N) is 1. The molecule has 3 rings (SSSR count). The second-order valence-corrected chi connectivity index (χ2v) is 8.04. The number of carbonyl (C=O) groups is 1. The number of sulfonamides is 1. The highest BCUT2D eigenvalue weighted by atomic mass is 32.2. The minimum absolute atomic E-state index is 0.188. The predicted molar refractivity (Wildman–Crippen MR) is 100 cm³/mol. The second-order valence-electron chi connectivity index (χ2n) is 6.34. The number of carbonyl (C=O) groups excluding carboxylic acids is 1. The van der Waals surface area contributed by atoms with E-state index in [1.54, 1.807) is 30.9 Å². The summed E-state index contributed by atoms with van der Waals surface area (Å²) in [6.07, 6.45) is 0.783. The topological polar surface area (TPSA) is 75.7 Å². The number of aryl methyl sites for hydroxylation is 2. The van der Waals surface area contributed by atoms with E-state index in [1.165, 1.54) is 7.11 Å². The first kappa shape index (κ1) is 18.4. The largest absolute Gasteiger partial charge is 0.497 e. The van der Waals surface area contributed by atoms with Crippen LogP contribution in [0.25, 0.3) is 0 Å². The third-order valence-corrected chi connectivity index (χ3v) is 6.25. The fourth-order valence-corrected chi connectivity index (χ4v) is 4.80. The number of amides is 1. The van der Waals surface area contributed by atoms with Gasteiger partial charge in [0.2, 0.25) is 15.9 Å². The van der Waals surface area contributed by atoms with Crippen LogP contribution in [-0.4, -0.2) is 34.5 Å². The van der Waals surface area contributed by atoms with Crippen LogP contribution in [0.3, 0.4) is 0 Å². The highest BCUT2D eigenvalue weighted by Gasteiger charge is 2.26. The first-order valence-electron chi connectivity index (χ1n) is 8.36. The van der Waals surface area contributed by atoms with Crippen LogP contribution in [0.15, 0.2) is 41.3 Å². The van der Waals surface area contributed by atoms with Crippen molar-refractivity contribution in [3.05, 3.63) is 53.1 Å². The summed E-state index contributed by atoms with van der Waals surface area (Å²) in [5.41, 5.74) is 3.11. The summed E-state index contributed by atoms with van der Waals surface area (Å²) in [4.78, 5) is 14.4. The average molecular weight is 374 g/mol. The molecule has 7 heteroatoms. The zero-order valence-electron chi connectivity index (χ0n) is 15.1. The number of hydrogen-bond acceptors (Lipinski definition) is 4. The third kappa shape index (κ3) is 3.45. The lowest BCUT2D eigenvalue weighted by atomic mass is 10.1. The fraction of sp³-hybridized carbons (Fsp3) is 0.316. The van der Waals surface area contributed by atoms with Gasteiger partial charge in [0.1, 0.15) is 5.75 Å². The molecular weight excluding hydrogens is 352 g/mol. The van der Waals surface area contributed by atoms with Crippen molar-refractivity contribution in [2.24, 2.45) is 0 Å². The Morgan fingerprint density at radius 2 is 1.85 bits per heavy atom. The quantitative estimate of drug-likeness (QED) is 0.870. The molecule has 1 aliphatic rings. The zero-order chi connectivity index (χ0) is 18.9. The predicted octanol–water partition coefficient (Wildman–Crippen LogP) is 2.18. The lowest BCUT2D eigenvalue weighted by Gasteiger charge is -2.18. The van der Waals surface area contributed by atoms with E-state index in [0.29, 0.717) is 23.4 Å². The minimum atomic E-state index is -3.80. The number of benzene rings is 2. The van der Waals surface area contributed by atoms with Crippen LogP contribution in [0.5, 0.6) is 5.75 Å². The molecule has 26 heavy (non-hydrogen) atoms. The van der Waals surface area contributed by atoms with Gasteiger partial charge >= 0.3 is 0 Å². The summed E-state index contributed by atoms with van der Waals surface area (Å²) in [6, 6.07) is 11.0. The van der Waals surface area contributed by atoms with Crippen molar-refractivity contribution in [2.45, 2.75) is 25.2 Å². The molecule has 1 aliphatic heterocycles. The van der Waals surface area contributed by atoms with E-state index in [-0.39, 0.29) is 17.3 Å². The Bertz CT molecular complexity index is 931. The lowest BCUT2D eigenvalue weighted by molar-refractivity contribution is -0.117. The van der Waals surface area contributed by atoms with Gasteiger partial charge in [0.25, 0.3) is 0 Å². The van der Waals surface area contributed by atoms with E-state index in [0.717, 1.165) is 17.7 Å². The van der Waals surface area contributed by atoms with Gasteiger partial charge in [-0.3, -0.25) is 4.79 Å². The first-order valence-corrected chi connectivity index (χ1v) is 9.85. The van der Waals surface area contributed by atoms with Gasteiger partial charge in [-0.05, 0) is 55.2 Å². The summed E-state index contributed by atoms with van der Waals surface area (Å²) < 4.78 is 33.0. The minimum Gasteiger partial charge on any atom is -0.497 e. The Hall–Kier alpha value is -2.38. The SMILES string of the molecule is COc1cc(C)c(S(=O)(=O)NCC(=O)N2CCc3ccccc32)c(C)c1. The molecule has 1 amide bonds. The highest BCUT2D eigenvalue weighted by Crippen LogP contribution is 2.28. The molecule has 0 aliphatic carbocycles. The molecule has 2 aromatic rings. The molecule has 138 valence electrons. The molecule has 0 aromatic heterocycles. The molecule has 1 N–H and O–H groups in total. The standard InChI is InChI=1S/C19H22N2O4S/c1-13-10-16(25-3)11-14(2)19(13)26(23,24)20-12-18(22)21-9-8-15-6-4-5-7-17(15)21/h4-7,10-11,20H,8-9,12H2,1-3H3. The van der Waals surface area contributed by atoms with Crippen molar-refractivity contribution in [1.29, 1.82) is 0 Å². The van der Waals surface area contributed by atoms with Crippen LogP contribution < -0.4 is 14.4 Å². The Kier molecular flexibility index (Phi) is 5.02. The van der Waals surface area contributed by atoms with Crippen LogP contribution in [0, 0.1) is 13.8 Å². The number of fused-ring (bicyclic) bond motifs is 1. The van der Waals surface area contributed by atoms with E-state index in [9.17, 15) is 13.2 Å². The molecule has 0 saturated carbocycles. The smallest absolute Gasteiger partial charge is 0.242 e. The van der Waals surface area contributed by atoms with Crippen LogP contribution in [-0.2, 0) is 21.2 Å². The van der Waals surface area contributed by atoms with Crippen molar-refractivity contribution in [3.63, 3.8) is 0 Å². The molecule has 0 saturated heterocycles. The summed E-state index contributed by atoms with van der Waals surface area (Å²) in [5, 5.41) is 0. The van der Waals surface area contributed by atoms with Crippen LogP contribution in [0.4, 0.5) is 5.69 Å². The lowest BCUT2D eigenvalue weighted by Crippen LogP contribution is -2.39. The molecule has 2 aromatic carbocycles. The average Bonchev–Trinajstić information content (AvgIpc) is 3.03. The number of anilines is 1.